The van der Waals surface area contributed by atoms with Gasteiger partial charge in [-0.2, -0.15) is 0 Å². The quantitative estimate of drug-likeness (QED) is 0.227. The summed E-state index contributed by atoms with van der Waals surface area (Å²) in [6.07, 6.45) is 10.6. The van der Waals surface area contributed by atoms with E-state index in [4.69, 9.17) is 14.2 Å². The number of esters is 2. The highest BCUT2D eigenvalue weighted by Crippen LogP contribution is 2.72. The lowest BCUT2D eigenvalue weighted by molar-refractivity contribution is -0.194. The predicted octanol–water partition coefficient (Wildman–Crippen LogP) is 9.28. The third-order valence-electron chi connectivity index (χ3n) is 16.1. The van der Waals surface area contributed by atoms with Crippen LogP contribution in [0.5, 0.6) is 0 Å². The summed E-state index contributed by atoms with van der Waals surface area (Å²) in [4.78, 5) is 25.3. The SMILES string of the molecule is C.C.CC1C(C)C2CC1C1C3CC(C(=O)OC(C)(C)C)C(C3)C21.CC1C(C)C2CC1C1C3CC(C(=O)OC4CCCCO4)C(C3)C21. The zero-order chi connectivity index (χ0) is 30.8. The molecule has 1 saturated heterocycles. The standard InChI is InChI=1S/C20H30O3.C19H30O2.2CH4/c1-10-11(2)14-9-13(10)18-12-7-15(19(14)18)16(8-12)20(21)23-17-5-3-4-6-22-17;1-9-10(2)13-8-12(9)16-11-6-14(17(13)16)15(7-11)18(20)21-19(3,4)5;;/h10-19H,3-9H2,1-2H3;9-17H,6-8H2,1-5H3;2*1H4. The first kappa shape index (κ1) is 34.8. The second-order valence-corrected chi connectivity index (χ2v) is 18.6. The molecule has 0 aromatic carbocycles. The van der Waals surface area contributed by atoms with E-state index >= 15 is 0 Å². The summed E-state index contributed by atoms with van der Waals surface area (Å²) in [7, 11) is 0. The summed E-state index contributed by atoms with van der Waals surface area (Å²) in [5.74, 6) is 14.2. The highest BCUT2D eigenvalue weighted by molar-refractivity contribution is 5.74. The molecule has 8 saturated carbocycles. The minimum Gasteiger partial charge on any atom is -0.460 e. The summed E-state index contributed by atoms with van der Waals surface area (Å²) in [5, 5.41) is 0. The van der Waals surface area contributed by atoms with Crippen LogP contribution in [-0.2, 0) is 23.8 Å². The third kappa shape index (κ3) is 5.24. The van der Waals surface area contributed by atoms with Crippen LogP contribution in [0.25, 0.3) is 0 Å². The van der Waals surface area contributed by atoms with Gasteiger partial charge in [0.2, 0.25) is 6.29 Å². The molecule has 8 bridgehead atoms. The Kier molecular flexibility index (Phi) is 9.33. The van der Waals surface area contributed by atoms with E-state index in [0.29, 0.717) is 11.8 Å². The van der Waals surface area contributed by atoms with E-state index in [2.05, 4.69) is 27.7 Å². The van der Waals surface area contributed by atoms with Gasteiger partial charge in [0.15, 0.2) is 0 Å². The van der Waals surface area contributed by atoms with E-state index in [-0.39, 0.29) is 50.5 Å². The normalized spacial score (nSPS) is 53.1. The van der Waals surface area contributed by atoms with Crippen LogP contribution in [0.3, 0.4) is 0 Å². The Bertz CT molecular complexity index is 1140. The molecule has 0 N–H and O–H groups in total. The van der Waals surface area contributed by atoms with E-state index in [1.165, 1.54) is 25.7 Å². The fraction of sp³-hybridized carbons (Fsp3) is 0.951. The smallest absolute Gasteiger partial charge is 0.311 e. The van der Waals surface area contributed by atoms with Crippen molar-refractivity contribution in [2.45, 2.75) is 133 Å². The van der Waals surface area contributed by atoms with Crippen LogP contribution < -0.4 is 0 Å². The highest BCUT2D eigenvalue weighted by Gasteiger charge is 2.68. The molecule has 9 fully saturated rings. The zero-order valence-electron chi connectivity index (χ0n) is 28.6. The van der Waals surface area contributed by atoms with Crippen molar-refractivity contribution < 1.29 is 23.8 Å². The maximum atomic E-state index is 12.7. The number of carbonyl (C=O) groups is 2. The van der Waals surface area contributed by atoms with Gasteiger partial charge in [-0.25, -0.2) is 0 Å². The van der Waals surface area contributed by atoms with Gasteiger partial charge < -0.3 is 14.2 Å². The molecule has 5 heteroatoms. The van der Waals surface area contributed by atoms with E-state index in [0.717, 1.165) is 122 Å². The fourth-order valence-electron chi connectivity index (χ4n) is 14.4. The molecule has 1 heterocycles. The number of ether oxygens (including phenoxy) is 3. The van der Waals surface area contributed by atoms with Gasteiger partial charge >= 0.3 is 11.9 Å². The van der Waals surface area contributed by atoms with Crippen molar-refractivity contribution in [3.63, 3.8) is 0 Å². The average molecular weight is 641 g/mol. The monoisotopic (exact) mass is 641 g/mol. The molecular formula is C41H68O5. The number of hydrogen-bond acceptors (Lipinski definition) is 5. The van der Waals surface area contributed by atoms with E-state index in [1.807, 2.05) is 20.8 Å². The van der Waals surface area contributed by atoms with E-state index in [9.17, 15) is 9.59 Å². The Morgan fingerprint density at radius 2 is 1.04 bits per heavy atom. The lowest BCUT2D eigenvalue weighted by Crippen LogP contribution is -2.42. The first-order valence-corrected chi connectivity index (χ1v) is 19.0. The van der Waals surface area contributed by atoms with Crippen LogP contribution in [0.2, 0.25) is 0 Å². The van der Waals surface area contributed by atoms with Gasteiger partial charge in [-0.1, -0.05) is 42.5 Å². The van der Waals surface area contributed by atoms with Gasteiger partial charge in [-0.3, -0.25) is 9.59 Å². The summed E-state index contributed by atoms with van der Waals surface area (Å²) in [6.45, 7) is 16.6. The van der Waals surface area contributed by atoms with E-state index < -0.39 is 0 Å². The number of fused-ring (bicyclic) bond motifs is 18. The number of rotatable bonds is 3. The lowest BCUT2D eigenvalue weighted by Gasteiger charge is -2.43. The maximum Gasteiger partial charge on any atom is 0.311 e. The minimum absolute atomic E-state index is 0. The van der Waals surface area contributed by atoms with Gasteiger partial charge in [0.1, 0.15) is 5.60 Å². The molecule has 0 spiro atoms. The van der Waals surface area contributed by atoms with Crippen molar-refractivity contribution in [2.75, 3.05) is 6.61 Å². The topological polar surface area (TPSA) is 61.8 Å². The molecule has 0 aromatic heterocycles. The lowest BCUT2D eigenvalue weighted by atomic mass is 9.62. The van der Waals surface area contributed by atoms with Crippen molar-refractivity contribution in [2.24, 2.45) is 107 Å². The third-order valence-corrected chi connectivity index (χ3v) is 16.1. The maximum absolute atomic E-state index is 12.7. The van der Waals surface area contributed by atoms with Gasteiger partial charge in [-0.05, 0) is 167 Å². The summed E-state index contributed by atoms with van der Waals surface area (Å²) < 4.78 is 17.1. The van der Waals surface area contributed by atoms with Crippen LogP contribution >= 0.6 is 0 Å². The highest BCUT2D eigenvalue weighted by atomic mass is 16.7. The molecule has 1 aliphatic heterocycles. The van der Waals surface area contributed by atoms with Crippen molar-refractivity contribution in [3.8, 4) is 0 Å². The molecule has 0 aromatic rings. The molecule has 9 aliphatic rings. The van der Waals surface area contributed by atoms with Gasteiger partial charge in [0.05, 0.1) is 18.4 Å². The van der Waals surface area contributed by atoms with Gasteiger partial charge in [0.25, 0.3) is 0 Å². The Labute approximate surface area is 281 Å². The van der Waals surface area contributed by atoms with Crippen molar-refractivity contribution in [1.82, 2.24) is 0 Å². The molecule has 0 radical (unpaired) electrons. The van der Waals surface area contributed by atoms with Crippen LogP contribution in [0, 0.1) is 107 Å². The largest absolute Gasteiger partial charge is 0.460 e. The Morgan fingerprint density at radius 1 is 0.587 bits per heavy atom. The van der Waals surface area contributed by atoms with Crippen molar-refractivity contribution in [3.05, 3.63) is 0 Å². The van der Waals surface area contributed by atoms with Crippen molar-refractivity contribution >= 4 is 11.9 Å². The molecule has 19 atom stereocenters. The number of carbonyl (C=O) groups excluding carboxylic acids is 2. The molecule has 262 valence electrons. The molecular weight excluding hydrogens is 572 g/mol. The predicted molar refractivity (Wildman–Crippen MR) is 182 cm³/mol. The van der Waals surface area contributed by atoms with Crippen LogP contribution in [0.1, 0.15) is 121 Å². The van der Waals surface area contributed by atoms with E-state index in [1.54, 1.807) is 0 Å². The first-order chi connectivity index (χ1) is 20.9. The Hall–Kier alpha value is -1.10. The van der Waals surface area contributed by atoms with Gasteiger partial charge in [-0.15, -0.1) is 0 Å². The van der Waals surface area contributed by atoms with Gasteiger partial charge in [0, 0.05) is 6.42 Å². The molecule has 0 amide bonds. The Balaban J connectivity index is 0.000000155. The first-order valence-electron chi connectivity index (χ1n) is 19.0. The minimum atomic E-state index is -0.338. The van der Waals surface area contributed by atoms with Crippen LogP contribution in [0.15, 0.2) is 0 Å². The summed E-state index contributed by atoms with van der Waals surface area (Å²) in [5.41, 5.74) is -0.338. The second-order valence-electron chi connectivity index (χ2n) is 18.6. The molecule has 8 aliphatic carbocycles. The molecule has 19 unspecified atom stereocenters. The second kappa shape index (κ2) is 12.3. The van der Waals surface area contributed by atoms with Crippen LogP contribution in [0.4, 0.5) is 0 Å². The fourth-order valence-corrected chi connectivity index (χ4v) is 14.4. The zero-order valence-corrected chi connectivity index (χ0v) is 28.6. The summed E-state index contributed by atoms with van der Waals surface area (Å²) >= 11 is 0. The molecule has 9 rings (SSSR count). The molecule has 5 nitrogen and oxygen atoms in total. The molecule has 46 heavy (non-hydrogen) atoms. The van der Waals surface area contributed by atoms with Crippen LogP contribution in [-0.4, -0.2) is 30.4 Å². The average Bonchev–Trinajstić information content (AvgIpc) is 3.82. The number of hydrogen-bond donors (Lipinski definition) is 0. The Morgan fingerprint density at radius 3 is 1.48 bits per heavy atom. The van der Waals surface area contributed by atoms with Crippen molar-refractivity contribution in [1.29, 1.82) is 0 Å². The summed E-state index contributed by atoms with van der Waals surface area (Å²) in [6, 6.07) is 0.